The van der Waals surface area contributed by atoms with E-state index in [2.05, 4.69) is 56.2 Å². The van der Waals surface area contributed by atoms with Gasteiger partial charge in [0.05, 0.1) is 23.3 Å². The lowest BCUT2D eigenvalue weighted by molar-refractivity contribution is -0.274. The zero-order valence-electron chi connectivity index (χ0n) is 23.1. The van der Waals surface area contributed by atoms with E-state index < -0.39 is 6.36 Å². The smallest absolute Gasteiger partial charge is 0.406 e. The molecule has 4 aromatic rings. The van der Waals surface area contributed by atoms with Crippen LogP contribution in [0.4, 0.5) is 18.9 Å². The molecule has 0 radical (unpaired) electrons. The molecule has 0 saturated carbocycles. The van der Waals surface area contributed by atoms with Gasteiger partial charge < -0.3 is 24.4 Å². The van der Waals surface area contributed by atoms with Crippen LogP contribution in [0, 0.1) is 0 Å². The van der Waals surface area contributed by atoms with Gasteiger partial charge in [-0.3, -0.25) is 9.78 Å². The minimum absolute atomic E-state index is 0.0916. The molecule has 0 spiro atoms. The lowest BCUT2D eigenvalue weighted by atomic mass is 10.1. The van der Waals surface area contributed by atoms with Crippen LogP contribution in [-0.4, -0.2) is 64.9 Å². The minimum Gasteiger partial charge on any atom is -0.406 e. The number of ether oxygens (including phenoxy) is 1. The number of carbonyl (C=O) groups is 1. The number of alkyl halides is 3. The third-order valence-electron chi connectivity index (χ3n) is 7.34. The number of hydrogen-bond donors (Lipinski definition) is 1. The number of hydrogen-bond acceptors (Lipinski definition) is 6. The molecule has 1 aliphatic heterocycles. The molecule has 8 nitrogen and oxygen atoms in total. The number of carbonyl (C=O) groups excluding carboxylic acids is 1. The number of benzene rings is 2. The Morgan fingerprint density at radius 1 is 1.02 bits per heavy atom. The number of halogens is 3. The predicted molar refractivity (Wildman–Crippen MR) is 151 cm³/mol. The van der Waals surface area contributed by atoms with Crippen molar-refractivity contribution in [1.82, 2.24) is 24.8 Å². The van der Waals surface area contributed by atoms with Gasteiger partial charge in [-0.2, -0.15) is 0 Å². The molecule has 5 rings (SSSR count). The van der Waals surface area contributed by atoms with Gasteiger partial charge in [0.2, 0.25) is 5.91 Å². The first-order chi connectivity index (χ1) is 19.6. The third-order valence-corrected chi connectivity index (χ3v) is 7.34. The molecule has 2 aromatic heterocycles. The molecule has 1 atom stereocenters. The highest BCUT2D eigenvalue weighted by Gasteiger charge is 2.31. The maximum atomic E-state index is 12.9. The van der Waals surface area contributed by atoms with E-state index in [9.17, 15) is 18.0 Å². The van der Waals surface area contributed by atoms with Gasteiger partial charge in [-0.25, -0.2) is 4.98 Å². The molecule has 1 saturated heterocycles. The lowest BCUT2D eigenvalue weighted by Crippen LogP contribution is -2.44. The summed E-state index contributed by atoms with van der Waals surface area (Å²) >= 11 is 0. The van der Waals surface area contributed by atoms with Crippen molar-refractivity contribution in [3.05, 3.63) is 83.9 Å². The van der Waals surface area contributed by atoms with Crippen molar-refractivity contribution in [2.75, 3.05) is 38.1 Å². The summed E-state index contributed by atoms with van der Waals surface area (Å²) in [5.74, 6) is 0.326. The fourth-order valence-corrected chi connectivity index (χ4v) is 5.03. The number of likely N-dealkylation sites (N-methyl/N-ethyl adjacent to an activating group) is 1. The van der Waals surface area contributed by atoms with Crippen molar-refractivity contribution in [1.29, 1.82) is 0 Å². The standard InChI is InChI=1S/C30H33F3N6O2/c1-21(23-5-7-24(8-6-23)38-17-15-37(2)16-18-38)35-29(40)12-11-28-36-26-13-14-34-19-27(26)39(28)20-22-3-9-25(10-4-22)41-30(31,32)33/h3-10,13-14,19,21H,11-12,15-18,20H2,1-2H3,(H,35,40). The Hall–Kier alpha value is -4.12. The second-order valence-corrected chi connectivity index (χ2v) is 10.3. The van der Waals surface area contributed by atoms with Crippen LogP contribution in [0.25, 0.3) is 11.0 Å². The van der Waals surface area contributed by atoms with E-state index in [0.717, 1.165) is 48.3 Å². The van der Waals surface area contributed by atoms with E-state index >= 15 is 0 Å². The number of rotatable bonds is 9. The van der Waals surface area contributed by atoms with Crippen LogP contribution >= 0.6 is 0 Å². The van der Waals surface area contributed by atoms with Crippen LogP contribution in [0.2, 0.25) is 0 Å². The normalized spacial score (nSPS) is 15.2. The lowest BCUT2D eigenvalue weighted by Gasteiger charge is -2.34. The Morgan fingerprint density at radius 3 is 2.41 bits per heavy atom. The first-order valence-electron chi connectivity index (χ1n) is 13.6. The fourth-order valence-electron chi connectivity index (χ4n) is 5.03. The monoisotopic (exact) mass is 566 g/mol. The Morgan fingerprint density at radius 2 is 1.73 bits per heavy atom. The maximum Gasteiger partial charge on any atom is 0.573 e. The van der Waals surface area contributed by atoms with Crippen molar-refractivity contribution in [3.8, 4) is 5.75 Å². The van der Waals surface area contributed by atoms with E-state index in [4.69, 9.17) is 4.98 Å². The minimum atomic E-state index is -4.74. The topological polar surface area (TPSA) is 75.5 Å². The van der Waals surface area contributed by atoms with Gasteiger partial charge in [-0.15, -0.1) is 13.2 Å². The highest BCUT2D eigenvalue weighted by Crippen LogP contribution is 2.25. The molecule has 1 unspecified atom stereocenters. The van der Waals surface area contributed by atoms with Crippen molar-refractivity contribution in [2.45, 2.75) is 38.7 Å². The number of amides is 1. The summed E-state index contributed by atoms with van der Waals surface area (Å²) in [6.45, 7) is 6.42. The average Bonchev–Trinajstić information content (AvgIpc) is 3.30. The number of pyridine rings is 1. The first kappa shape index (κ1) is 28.4. The van der Waals surface area contributed by atoms with E-state index in [1.807, 2.05) is 11.5 Å². The predicted octanol–water partition coefficient (Wildman–Crippen LogP) is 4.94. The number of piperazine rings is 1. The zero-order valence-corrected chi connectivity index (χ0v) is 23.1. The molecule has 216 valence electrons. The number of nitrogens with one attached hydrogen (secondary N) is 1. The van der Waals surface area contributed by atoms with E-state index in [0.29, 0.717) is 18.8 Å². The molecule has 1 N–H and O–H groups in total. The van der Waals surface area contributed by atoms with Gasteiger partial charge in [0, 0.05) is 57.4 Å². The van der Waals surface area contributed by atoms with Crippen molar-refractivity contribution >= 4 is 22.6 Å². The summed E-state index contributed by atoms with van der Waals surface area (Å²) in [5, 5.41) is 3.08. The van der Waals surface area contributed by atoms with Crippen molar-refractivity contribution in [3.63, 3.8) is 0 Å². The largest absolute Gasteiger partial charge is 0.573 e. The molecule has 1 aliphatic rings. The number of nitrogens with zero attached hydrogens (tertiary/aromatic N) is 5. The van der Waals surface area contributed by atoms with Gasteiger partial charge in [-0.05, 0) is 55.4 Å². The molecule has 11 heteroatoms. The van der Waals surface area contributed by atoms with Crippen LogP contribution in [-0.2, 0) is 17.8 Å². The third kappa shape index (κ3) is 7.35. The number of fused-ring (bicyclic) bond motifs is 1. The first-order valence-corrected chi connectivity index (χ1v) is 13.6. The molecular weight excluding hydrogens is 533 g/mol. The second kappa shape index (κ2) is 12.2. The number of aromatic nitrogens is 3. The summed E-state index contributed by atoms with van der Waals surface area (Å²) in [5.41, 5.74) is 4.51. The molecule has 1 amide bonds. The van der Waals surface area contributed by atoms with E-state index in [1.54, 1.807) is 30.6 Å². The Balaban J connectivity index is 1.21. The molecule has 1 fully saturated rings. The summed E-state index contributed by atoms with van der Waals surface area (Å²) in [6.07, 6.45) is -0.770. The van der Waals surface area contributed by atoms with E-state index in [-0.39, 0.29) is 24.1 Å². The Bertz CT molecular complexity index is 1460. The van der Waals surface area contributed by atoms with Gasteiger partial charge in [0.25, 0.3) is 0 Å². The Kier molecular flexibility index (Phi) is 8.44. The number of aryl methyl sites for hydroxylation is 1. The van der Waals surface area contributed by atoms with Crippen LogP contribution in [0.3, 0.4) is 0 Å². The maximum absolute atomic E-state index is 12.9. The van der Waals surface area contributed by atoms with Crippen LogP contribution < -0.4 is 15.0 Å². The molecule has 0 bridgehead atoms. The molecular formula is C30H33F3N6O2. The number of anilines is 1. The van der Waals surface area contributed by atoms with Gasteiger partial charge in [0.15, 0.2) is 0 Å². The SMILES string of the molecule is CC(NC(=O)CCc1nc2ccncc2n1Cc1ccc(OC(F)(F)F)cc1)c1ccc(N2CCN(C)CC2)cc1. The van der Waals surface area contributed by atoms with Crippen LogP contribution in [0.15, 0.2) is 67.0 Å². The average molecular weight is 567 g/mol. The summed E-state index contributed by atoms with van der Waals surface area (Å²) in [4.78, 5) is 26.5. The highest BCUT2D eigenvalue weighted by molar-refractivity contribution is 5.77. The summed E-state index contributed by atoms with van der Waals surface area (Å²) < 4.78 is 43.5. The summed E-state index contributed by atoms with van der Waals surface area (Å²) in [6, 6.07) is 15.7. The quantitative estimate of drug-likeness (QED) is 0.310. The van der Waals surface area contributed by atoms with Crippen molar-refractivity contribution < 1.29 is 22.7 Å². The summed E-state index contributed by atoms with van der Waals surface area (Å²) in [7, 11) is 2.14. The van der Waals surface area contributed by atoms with Crippen LogP contribution in [0.5, 0.6) is 5.75 Å². The second-order valence-electron chi connectivity index (χ2n) is 10.3. The van der Waals surface area contributed by atoms with Crippen LogP contribution in [0.1, 0.15) is 36.3 Å². The molecule has 2 aromatic carbocycles. The molecule has 3 heterocycles. The number of imidazole rings is 1. The zero-order chi connectivity index (χ0) is 29.0. The fraction of sp³-hybridized carbons (Fsp3) is 0.367. The van der Waals surface area contributed by atoms with Gasteiger partial charge in [0.1, 0.15) is 11.6 Å². The van der Waals surface area contributed by atoms with E-state index in [1.165, 1.54) is 17.8 Å². The van der Waals surface area contributed by atoms with Gasteiger partial charge in [-0.1, -0.05) is 24.3 Å². The molecule has 0 aliphatic carbocycles. The van der Waals surface area contributed by atoms with Gasteiger partial charge >= 0.3 is 6.36 Å². The Labute approximate surface area is 236 Å². The highest BCUT2D eigenvalue weighted by atomic mass is 19.4. The van der Waals surface area contributed by atoms with Crippen molar-refractivity contribution in [2.24, 2.45) is 0 Å². The molecule has 41 heavy (non-hydrogen) atoms.